The lowest BCUT2D eigenvalue weighted by Gasteiger charge is -2.45. The van der Waals surface area contributed by atoms with Gasteiger partial charge in [-0.2, -0.15) is 0 Å². The van der Waals surface area contributed by atoms with Gasteiger partial charge >= 0.3 is 0 Å². The van der Waals surface area contributed by atoms with Crippen molar-refractivity contribution in [3.8, 4) is 0 Å². The van der Waals surface area contributed by atoms with E-state index < -0.39 is 68.0 Å². The van der Waals surface area contributed by atoms with Crippen LogP contribution in [-0.2, 0) is 18.9 Å². The second kappa shape index (κ2) is 8.29. The monoisotopic (exact) mass is 356 g/mol. The molecule has 24 heavy (non-hydrogen) atoms. The quantitative estimate of drug-likeness (QED) is 0.251. The van der Waals surface area contributed by atoms with Crippen LogP contribution in [0, 0.1) is 0 Å². The van der Waals surface area contributed by atoms with Crippen LogP contribution in [0.2, 0.25) is 0 Å². The van der Waals surface area contributed by atoms with Gasteiger partial charge in [0.15, 0.2) is 12.6 Å². The Hall–Kier alpha value is -0.440. The summed E-state index contributed by atoms with van der Waals surface area (Å²) in [4.78, 5) is 0. The maximum absolute atomic E-state index is 10.0. The Balaban J connectivity index is 2.07. The highest BCUT2D eigenvalue weighted by atomic mass is 16.7. The van der Waals surface area contributed by atoms with E-state index in [2.05, 4.69) is 0 Å². The number of hydrogen-bond acceptors (Lipinski definition) is 11. The molecule has 142 valence electrons. The van der Waals surface area contributed by atoms with Gasteiger partial charge in [0.05, 0.1) is 13.2 Å². The van der Waals surface area contributed by atoms with Crippen LogP contribution < -0.4 is 0 Å². The van der Waals surface area contributed by atoms with Gasteiger partial charge in [0.2, 0.25) is 0 Å². The third-order valence-electron chi connectivity index (χ3n) is 4.13. The van der Waals surface area contributed by atoms with Gasteiger partial charge in [-0.05, 0) is 0 Å². The molecule has 0 aliphatic carbocycles. The highest BCUT2D eigenvalue weighted by Crippen LogP contribution is 2.28. The molecule has 2 aliphatic rings. The molecule has 2 saturated heterocycles. The Morgan fingerprint density at radius 2 is 1.42 bits per heavy atom. The molecule has 2 aliphatic heterocycles. The van der Waals surface area contributed by atoms with Crippen LogP contribution in [-0.4, -0.2) is 117 Å². The Morgan fingerprint density at radius 3 is 2.00 bits per heavy atom. The largest absolute Gasteiger partial charge is 0.394 e. The summed E-state index contributed by atoms with van der Waals surface area (Å²) in [6.07, 6.45) is -14.9. The highest BCUT2D eigenvalue weighted by Gasteiger charge is 2.50. The van der Waals surface area contributed by atoms with Crippen LogP contribution in [0.3, 0.4) is 0 Å². The van der Waals surface area contributed by atoms with Gasteiger partial charge in [-0.3, -0.25) is 0 Å². The third-order valence-corrected chi connectivity index (χ3v) is 4.13. The highest BCUT2D eigenvalue weighted by molar-refractivity contribution is 4.93. The minimum Gasteiger partial charge on any atom is -0.394 e. The van der Waals surface area contributed by atoms with Crippen LogP contribution in [0.25, 0.3) is 0 Å². The molecule has 10 atom stereocenters. The first-order valence-corrected chi connectivity index (χ1v) is 7.46. The van der Waals surface area contributed by atoms with Crippen molar-refractivity contribution in [1.29, 1.82) is 0 Å². The van der Waals surface area contributed by atoms with Crippen molar-refractivity contribution in [3.05, 3.63) is 0 Å². The molecule has 0 aromatic heterocycles. The zero-order valence-corrected chi connectivity index (χ0v) is 13.0. The average molecular weight is 356 g/mol. The summed E-state index contributed by atoms with van der Waals surface area (Å²) in [5, 5.41) is 68.3. The van der Waals surface area contributed by atoms with Gasteiger partial charge in [0.1, 0.15) is 48.8 Å². The van der Waals surface area contributed by atoms with Crippen molar-refractivity contribution >= 4 is 0 Å². The Kier molecular flexibility index (Phi) is 6.87. The molecule has 11 heteroatoms. The molecule has 2 fully saturated rings. The number of hydrogen-bond donors (Lipinski definition) is 7. The second-order valence-corrected chi connectivity index (χ2v) is 5.80. The summed E-state index contributed by atoms with van der Waals surface area (Å²) in [5.41, 5.74) is 0. The van der Waals surface area contributed by atoms with Gasteiger partial charge < -0.3 is 54.7 Å². The van der Waals surface area contributed by atoms with E-state index in [9.17, 15) is 30.6 Å². The first-order valence-electron chi connectivity index (χ1n) is 7.46. The standard InChI is InChI=1S/C13H24O11/c1-21-3-5-7(16)8(17)10(19)13(23-5)24-11-9(18)6(15)4(2-14)22-12(11)20/h4-20H,2-3H2,1H3/t4-,5-,6-,7-,8+,9+,10-,11-,12+,13-/m1/s1. The lowest BCUT2D eigenvalue weighted by molar-refractivity contribution is -0.362. The van der Waals surface area contributed by atoms with E-state index in [0.717, 1.165) is 0 Å². The fraction of sp³-hybridized carbons (Fsp3) is 1.00. The molecule has 0 bridgehead atoms. The molecule has 0 spiro atoms. The van der Waals surface area contributed by atoms with Crippen molar-refractivity contribution in [2.24, 2.45) is 0 Å². The van der Waals surface area contributed by atoms with E-state index in [1.54, 1.807) is 0 Å². The minimum absolute atomic E-state index is 0.105. The SMILES string of the molecule is COC[C@H]1O[C@H](O[C@@H]2[C@@H](O)[C@H](O)[C@@H](CO)O[C@@H]2O)[C@H](O)[C@@H](O)[C@@H]1O. The Bertz CT molecular complexity index is 396. The topological polar surface area (TPSA) is 179 Å². The second-order valence-electron chi connectivity index (χ2n) is 5.80. The summed E-state index contributed by atoms with van der Waals surface area (Å²) >= 11 is 0. The van der Waals surface area contributed by atoms with Crippen LogP contribution in [0.15, 0.2) is 0 Å². The van der Waals surface area contributed by atoms with Crippen molar-refractivity contribution in [3.63, 3.8) is 0 Å². The number of methoxy groups -OCH3 is 1. The normalized spacial score (nSPS) is 50.0. The zero-order chi connectivity index (χ0) is 18.0. The van der Waals surface area contributed by atoms with Crippen LogP contribution >= 0.6 is 0 Å². The summed E-state index contributed by atoms with van der Waals surface area (Å²) in [7, 11) is 1.34. The maximum Gasteiger partial charge on any atom is 0.187 e. The van der Waals surface area contributed by atoms with E-state index in [0.29, 0.717) is 0 Å². The van der Waals surface area contributed by atoms with E-state index in [4.69, 9.17) is 24.1 Å². The molecule has 11 nitrogen and oxygen atoms in total. The molecule has 2 rings (SSSR count). The predicted molar refractivity (Wildman–Crippen MR) is 73.4 cm³/mol. The molecule has 0 aromatic rings. The van der Waals surface area contributed by atoms with Crippen LogP contribution in [0.4, 0.5) is 0 Å². The number of aliphatic hydroxyl groups excluding tert-OH is 7. The molecule has 0 aromatic carbocycles. The number of rotatable bonds is 5. The summed E-state index contributed by atoms with van der Waals surface area (Å²) in [6.45, 7) is -0.738. The van der Waals surface area contributed by atoms with Gasteiger partial charge in [0.25, 0.3) is 0 Å². The minimum atomic E-state index is -1.72. The molecule has 0 amide bonds. The van der Waals surface area contributed by atoms with E-state index in [1.165, 1.54) is 7.11 Å². The first kappa shape index (κ1) is 19.9. The smallest absolute Gasteiger partial charge is 0.187 e. The predicted octanol–water partition coefficient (Wildman–Crippen LogP) is -4.74. The molecular formula is C13H24O11. The number of aliphatic hydroxyl groups is 7. The molecule has 0 radical (unpaired) electrons. The molecule has 0 unspecified atom stereocenters. The maximum atomic E-state index is 10.0. The summed E-state index contributed by atoms with van der Waals surface area (Å²) in [6, 6.07) is 0. The van der Waals surface area contributed by atoms with Crippen molar-refractivity contribution in [2.75, 3.05) is 20.3 Å². The van der Waals surface area contributed by atoms with Gasteiger partial charge in [-0.15, -0.1) is 0 Å². The summed E-state index contributed by atoms with van der Waals surface area (Å²) in [5.74, 6) is 0. The zero-order valence-electron chi connectivity index (χ0n) is 13.0. The van der Waals surface area contributed by atoms with Crippen molar-refractivity contribution < 1.29 is 54.7 Å². The Labute approximate surface area is 137 Å². The molecule has 0 saturated carbocycles. The Morgan fingerprint density at radius 1 is 0.792 bits per heavy atom. The fourth-order valence-corrected chi connectivity index (χ4v) is 2.70. The lowest BCUT2D eigenvalue weighted by atomic mass is 9.97. The molecule has 7 N–H and O–H groups in total. The van der Waals surface area contributed by atoms with Crippen LogP contribution in [0.5, 0.6) is 0 Å². The van der Waals surface area contributed by atoms with Crippen LogP contribution in [0.1, 0.15) is 0 Å². The average Bonchev–Trinajstić information content (AvgIpc) is 2.56. The van der Waals surface area contributed by atoms with E-state index in [1.807, 2.05) is 0 Å². The first-order chi connectivity index (χ1) is 11.3. The molecular weight excluding hydrogens is 332 g/mol. The van der Waals surface area contributed by atoms with Gasteiger partial charge in [0, 0.05) is 7.11 Å². The fourth-order valence-electron chi connectivity index (χ4n) is 2.70. The lowest BCUT2D eigenvalue weighted by Crippen LogP contribution is -2.64. The van der Waals surface area contributed by atoms with Crippen molar-refractivity contribution in [2.45, 2.75) is 61.4 Å². The molecule has 2 heterocycles. The van der Waals surface area contributed by atoms with E-state index in [-0.39, 0.29) is 6.61 Å². The van der Waals surface area contributed by atoms with Crippen molar-refractivity contribution in [1.82, 2.24) is 0 Å². The number of ether oxygens (including phenoxy) is 4. The van der Waals surface area contributed by atoms with Gasteiger partial charge in [-0.25, -0.2) is 0 Å². The third kappa shape index (κ3) is 3.86. The summed E-state index contributed by atoms with van der Waals surface area (Å²) < 4.78 is 20.3. The van der Waals surface area contributed by atoms with E-state index >= 15 is 0 Å². The van der Waals surface area contributed by atoms with Gasteiger partial charge in [-0.1, -0.05) is 0 Å².